The molecule has 25 heavy (non-hydrogen) atoms. The van der Waals surface area contributed by atoms with Crippen molar-refractivity contribution in [3.63, 3.8) is 0 Å². The first-order valence-corrected chi connectivity index (χ1v) is 8.08. The molecule has 2 aromatic rings. The van der Waals surface area contributed by atoms with Gasteiger partial charge in [-0.05, 0) is 48.9 Å². The minimum absolute atomic E-state index is 0.268. The summed E-state index contributed by atoms with van der Waals surface area (Å²) in [5.41, 5.74) is 1.48. The first-order chi connectivity index (χ1) is 11.9. The molecule has 0 saturated heterocycles. The van der Waals surface area contributed by atoms with Crippen LogP contribution >= 0.6 is 23.2 Å². The molecule has 1 atom stereocenters. The van der Waals surface area contributed by atoms with E-state index in [2.05, 4.69) is 5.32 Å². The molecule has 0 aromatic heterocycles. The molecule has 0 fully saturated rings. The minimum Gasteiger partial charge on any atom is -0.452 e. The highest BCUT2D eigenvalue weighted by Crippen LogP contribution is 2.25. The van der Waals surface area contributed by atoms with Gasteiger partial charge in [0.1, 0.15) is 0 Å². The number of benzene rings is 2. The Balaban J connectivity index is 1.88. The Morgan fingerprint density at radius 2 is 1.84 bits per heavy atom. The molecule has 0 spiro atoms. The van der Waals surface area contributed by atoms with Gasteiger partial charge < -0.3 is 10.1 Å². The predicted octanol–water partition coefficient (Wildman–Crippen LogP) is 3.90. The molecule has 2 rings (SSSR count). The van der Waals surface area contributed by atoms with Gasteiger partial charge in [0.25, 0.3) is 5.91 Å². The monoisotopic (exact) mass is 376 g/mol. The molecule has 0 aliphatic heterocycles. The van der Waals surface area contributed by atoms with E-state index in [0.717, 1.165) is 5.56 Å². The highest BCUT2D eigenvalue weighted by molar-refractivity contribution is 6.42. The smallest absolute Gasteiger partial charge is 0.338 e. The molecule has 0 saturated carbocycles. The Morgan fingerprint density at radius 1 is 1.16 bits per heavy atom. The first-order valence-electron chi connectivity index (χ1n) is 7.32. The quantitative estimate of drug-likeness (QED) is 0.802. The van der Waals surface area contributed by atoms with E-state index in [1.54, 1.807) is 25.1 Å². The number of esters is 1. The second-order valence-electron chi connectivity index (χ2n) is 5.23. The van der Waals surface area contributed by atoms with E-state index in [4.69, 9.17) is 33.2 Å². The van der Waals surface area contributed by atoms with Crippen LogP contribution in [0.15, 0.2) is 42.5 Å². The second kappa shape index (κ2) is 8.52. The topological polar surface area (TPSA) is 79.2 Å². The molecule has 1 N–H and O–H groups in total. The highest BCUT2D eigenvalue weighted by Gasteiger charge is 2.14. The number of nitrogens with zero attached hydrogens (tertiary/aromatic N) is 1. The number of hydrogen-bond donors (Lipinski definition) is 1. The van der Waals surface area contributed by atoms with Crippen LogP contribution in [0.25, 0.3) is 0 Å². The van der Waals surface area contributed by atoms with Gasteiger partial charge in [-0.15, -0.1) is 0 Å². The number of rotatable bonds is 5. The maximum absolute atomic E-state index is 11.9. The zero-order chi connectivity index (χ0) is 18.4. The molecule has 0 bridgehead atoms. The van der Waals surface area contributed by atoms with Crippen LogP contribution in [0.1, 0.15) is 34.5 Å². The summed E-state index contributed by atoms with van der Waals surface area (Å²) in [6, 6.07) is 12.6. The van der Waals surface area contributed by atoms with Gasteiger partial charge in [0.05, 0.1) is 33.3 Å². The third-order valence-electron chi connectivity index (χ3n) is 3.41. The normalized spacial score (nSPS) is 11.3. The number of carbonyl (C=O) groups excluding carboxylic acids is 2. The Labute approximate surface area is 155 Å². The van der Waals surface area contributed by atoms with Gasteiger partial charge >= 0.3 is 5.97 Å². The van der Waals surface area contributed by atoms with E-state index in [1.165, 1.54) is 24.3 Å². The van der Waals surface area contributed by atoms with E-state index in [9.17, 15) is 9.59 Å². The Bertz CT molecular complexity index is 829. The molecule has 128 valence electrons. The van der Waals surface area contributed by atoms with Crippen molar-refractivity contribution < 1.29 is 14.3 Å². The zero-order valence-corrected chi connectivity index (χ0v) is 14.8. The maximum Gasteiger partial charge on any atom is 0.338 e. The molecular formula is C18H14Cl2N2O3. The van der Waals surface area contributed by atoms with Crippen molar-refractivity contribution in [3.8, 4) is 6.07 Å². The molecule has 0 radical (unpaired) electrons. The molecule has 5 nitrogen and oxygen atoms in total. The van der Waals surface area contributed by atoms with Crippen LogP contribution < -0.4 is 5.32 Å². The molecule has 1 amide bonds. The number of hydrogen-bond acceptors (Lipinski definition) is 4. The zero-order valence-electron chi connectivity index (χ0n) is 13.3. The Kier molecular flexibility index (Phi) is 6.40. The van der Waals surface area contributed by atoms with Crippen LogP contribution in [-0.4, -0.2) is 18.5 Å². The summed E-state index contributed by atoms with van der Waals surface area (Å²) >= 11 is 11.8. The average Bonchev–Trinajstić information content (AvgIpc) is 2.62. The Morgan fingerprint density at radius 3 is 2.44 bits per heavy atom. The van der Waals surface area contributed by atoms with Gasteiger partial charge in [-0.2, -0.15) is 5.26 Å². The van der Waals surface area contributed by atoms with Crippen molar-refractivity contribution in [1.29, 1.82) is 5.26 Å². The molecule has 0 unspecified atom stereocenters. The number of carbonyl (C=O) groups is 2. The number of nitrogens with one attached hydrogen (secondary N) is 1. The standard InChI is InChI=1S/C18H14Cl2N2O3/c1-11(14-6-7-15(19)16(20)8-14)22-17(23)10-25-18(24)13-4-2-12(9-21)3-5-13/h2-8,11H,10H2,1H3,(H,22,23)/t11-/m1/s1. The van der Waals surface area contributed by atoms with Crippen molar-refractivity contribution in [2.75, 3.05) is 6.61 Å². The fourth-order valence-electron chi connectivity index (χ4n) is 2.04. The van der Waals surface area contributed by atoms with Gasteiger partial charge in [0, 0.05) is 0 Å². The van der Waals surface area contributed by atoms with E-state index in [0.29, 0.717) is 15.6 Å². The van der Waals surface area contributed by atoms with Crippen LogP contribution in [0.5, 0.6) is 0 Å². The lowest BCUT2D eigenvalue weighted by molar-refractivity contribution is -0.124. The number of halogens is 2. The van der Waals surface area contributed by atoms with Crippen molar-refractivity contribution >= 4 is 35.1 Å². The summed E-state index contributed by atoms with van der Waals surface area (Å²) in [7, 11) is 0. The highest BCUT2D eigenvalue weighted by atomic mass is 35.5. The lowest BCUT2D eigenvalue weighted by Gasteiger charge is -2.15. The number of nitriles is 1. The van der Waals surface area contributed by atoms with Gasteiger partial charge in [-0.1, -0.05) is 29.3 Å². The fraction of sp³-hybridized carbons (Fsp3) is 0.167. The van der Waals surface area contributed by atoms with E-state index < -0.39 is 18.5 Å². The summed E-state index contributed by atoms with van der Waals surface area (Å²) in [5, 5.41) is 12.3. The fourth-order valence-corrected chi connectivity index (χ4v) is 2.35. The molecule has 0 heterocycles. The van der Waals surface area contributed by atoms with Gasteiger partial charge in [0.15, 0.2) is 6.61 Å². The van der Waals surface area contributed by atoms with Crippen molar-refractivity contribution in [2.45, 2.75) is 13.0 Å². The predicted molar refractivity (Wildman–Crippen MR) is 94.5 cm³/mol. The van der Waals surface area contributed by atoms with Gasteiger partial charge in [-0.3, -0.25) is 4.79 Å². The summed E-state index contributed by atoms with van der Waals surface area (Å²) in [6.45, 7) is 1.37. The van der Waals surface area contributed by atoms with Crippen molar-refractivity contribution in [2.24, 2.45) is 0 Å². The molecule has 2 aromatic carbocycles. The third-order valence-corrected chi connectivity index (χ3v) is 4.14. The van der Waals surface area contributed by atoms with E-state index in [1.807, 2.05) is 6.07 Å². The van der Waals surface area contributed by atoms with Crippen LogP contribution in [-0.2, 0) is 9.53 Å². The summed E-state index contributed by atoms with van der Waals surface area (Å²) in [6.07, 6.45) is 0. The second-order valence-corrected chi connectivity index (χ2v) is 6.04. The van der Waals surface area contributed by atoms with Crippen molar-refractivity contribution in [3.05, 3.63) is 69.2 Å². The molecular weight excluding hydrogens is 363 g/mol. The molecule has 7 heteroatoms. The Hall–Kier alpha value is -2.55. The van der Waals surface area contributed by atoms with Crippen LogP contribution in [0, 0.1) is 11.3 Å². The SMILES string of the molecule is C[C@@H](NC(=O)COC(=O)c1ccc(C#N)cc1)c1ccc(Cl)c(Cl)c1. The largest absolute Gasteiger partial charge is 0.452 e. The van der Waals surface area contributed by atoms with Gasteiger partial charge in [-0.25, -0.2) is 4.79 Å². The number of amides is 1. The van der Waals surface area contributed by atoms with Crippen LogP contribution in [0.3, 0.4) is 0 Å². The maximum atomic E-state index is 11.9. The van der Waals surface area contributed by atoms with Crippen molar-refractivity contribution in [1.82, 2.24) is 5.32 Å². The average molecular weight is 377 g/mol. The summed E-state index contributed by atoms with van der Waals surface area (Å²) in [4.78, 5) is 23.8. The van der Waals surface area contributed by atoms with Crippen LogP contribution in [0.4, 0.5) is 0 Å². The minimum atomic E-state index is -0.637. The first kappa shape index (κ1) is 18.8. The molecule has 0 aliphatic carbocycles. The van der Waals surface area contributed by atoms with E-state index >= 15 is 0 Å². The molecule has 0 aliphatic rings. The lowest BCUT2D eigenvalue weighted by Crippen LogP contribution is -2.31. The van der Waals surface area contributed by atoms with Gasteiger partial charge in [0.2, 0.25) is 0 Å². The summed E-state index contributed by atoms with van der Waals surface area (Å²) in [5.74, 6) is -1.08. The third kappa shape index (κ3) is 5.21. The summed E-state index contributed by atoms with van der Waals surface area (Å²) < 4.78 is 4.96. The lowest BCUT2D eigenvalue weighted by atomic mass is 10.1. The number of ether oxygens (including phenoxy) is 1. The van der Waals surface area contributed by atoms with Crippen LogP contribution in [0.2, 0.25) is 10.0 Å². The van der Waals surface area contributed by atoms with E-state index in [-0.39, 0.29) is 11.6 Å².